The number of amides is 2. The number of nitrogens with zero attached hydrogens (tertiary/aromatic N) is 9. The molecular formula is C32H44N10O4. The molecule has 0 aliphatic carbocycles. The molecule has 2 aliphatic heterocycles. The number of benzene rings is 1. The maximum Gasteiger partial charge on any atom is 0.243 e. The topological polar surface area (TPSA) is 147 Å². The van der Waals surface area contributed by atoms with Gasteiger partial charge in [-0.25, -0.2) is 15.4 Å². The maximum atomic E-state index is 12.8. The molecule has 2 N–H and O–H groups in total. The molecule has 46 heavy (non-hydrogen) atoms. The molecule has 1 aromatic carbocycles. The van der Waals surface area contributed by atoms with Gasteiger partial charge in [0.1, 0.15) is 11.6 Å². The Kier molecular flexibility index (Phi) is 10.0. The van der Waals surface area contributed by atoms with E-state index in [-0.39, 0.29) is 11.8 Å². The number of piperazine rings is 1. The molecule has 2 amide bonds. The van der Waals surface area contributed by atoms with E-state index in [0.717, 1.165) is 91.5 Å². The van der Waals surface area contributed by atoms with Gasteiger partial charge in [-0.3, -0.25) is 24.3 Å². The number of imidazole rings is 2. The van der Waals surface area contributed by atoms with Crippen molar-refractivity contribution >= 4 is 39.8 Å². The summed E-state index contributed by atoms with van der Waals surface area (Å²) in [5.74, 6) is 3.06. The van der Waals surface area contributed by atoms with Gasteiger partial charge < -0.3 is 19.1 Å². The minimum Gasteiger partial charge on any atom is -0.378 e. The molecule has 0 atom stereocenters. The van der Waals surface area contributed by atoms with Crippen LogP contribution in [-0.2, 0) is 34.3 Å². The second-order valence-corrected chi connectivity index (χ2v) is 12.0. The highest BCUT2D eigenvalue weighted by Crippen LogP contribution is 2.29. The summed E-state index contributed by atoms with van der Waals surface area (Å²) in [6, 6.07) is 8.09. The zero-order chi connectivity index (χ0) is 32.0. The van der Waals surface area contributed by atoms with Crippen molar-refractivity contribution in [2.24, 2.45) is 7.05 Å². The summed E-state index contributed by atoms with van der Waals surface area (Å²) in [5.41, 5.74) is 5.13. The van der Waals surface area contributed by atoms with Crippen LogP contribution in [0.3, 0.4) is 0 Å². The third-order valence-electron chi connectivity index (χ3n) is 9.00. The summed E-state index contributed by atoms with van der Waals surface area (Å²) in [4.78, 5) is 50.7. The molecule has 2 saturated heterocycles. The lowest BCUT2D eigenvalue weighted by atomic mass is 10.1. The average Bonchev–Trinajstić information content (AvgIpc) is 3.63. The Morgan fingerprint density at radius 2 is 1.63 bits per heavy atom. The van der Waals surface area contributed by atoms with Crippen LogP contribution in [0.1, 0.15) is 57.1 Å². The number of aromatic nitrogens is 6. The van der Waals surface area contributed by atoms with Gasteiger partial charge in [-0.15, -0.1) is 0 Å². The van der Waals surface area contributed by atoms with E-state index in [2.05, 4.69) is 31.9 Å². The predicted molar refractivity (Wildman–Crippen MR) is 173 cm³/mol. The molecule has 14 nitrogen and oxygen atoms in total. The van der Waals surface area contributed by atoms with Gasteiger partial charge in [-0.2, -0.15) is 9.97 Å². The Hall–Kier alpha value is -4.14. The third kappa shape index (κ3) is 6.83. The molecule has 246 valence electrons. The molecule has 2 aliphatic rings. The Morgan fingerprint density at radius 3 is 2.37 bits per heavy atom. The molecule has 6 rings (SSSR count). The Morgan fingerprint density at radius 1 is 0.891 bits per heavy atom. The van der Waals surface area contributed by atoms with Crippen molar-refractivity contribution in [3.63, 3.8) is 0 Å². The summed E-state index contributed by atoms with van der Waals surface area (Å²) >= 11 is 0. The largest absolute Gasteiger partial charge is 0.378 e. The number of rotatable bonds is 12. The van der Waals surface area contributed by atoms with Crippen LogP contribution >= 0.6 is 0 Å². The van der Waals surface area contributed by atoms with Gasteiger partial charge in [0.15, 0.2) is 17.0 Å². The highest BCUT2D eigenvalue weighted by molar-refractivity contribution is 5.86. The Bertz CT molecular complexity index is 1670. The monoisotopic (exact) mass is 632 g/mol. The third-order valence-corrected chi connectivity index (χ3v) is 9.00. The van der Waals surface area contributed by atoms with Crippen molar-refractivity contribution in [1.82, 2.24) is 44.4 Å². The molecule has 0 unspecified atom stereocenters. The maximum absolute atomic E-state index is 12.8. The molecule has 0 spiro atoms. The molecule has 5 heterocycles. The number of fused-ring (bicyclic) bond motifs is 2. The van der Waals surface area contributed by atoms with E-state index in [0.29, 0.717) is 58.1 Å². The van der Waals surface area contributed by atoms with E-state index < -0.39 is 0 Å². The lowest BCUT2D eigenvalue weighted by Crippen LogP contribution is -2.48. The van der Waals surface area contributed by atoms with E-state index in [9.17, 15) is 9.59 Å². The SMILES string of the molecule is CCc1nc2ccccc2n1-c1nc(N2CCOCC2)c2nc(CN3CCN(C(=O)CCCCCCC(=O)NO)CC3)n(C)c2n1. The first-order valence-corrected chi connectivity index (χ1v) is 16.4. The number of hydrogen-bond donors (Lipinski definition) is 2. The fraction of sp³-hybridized carbons (Fsp3) is 0.562. The van der Waals surface area contributed by atoms with Crippen molar-refractivity contribution < 1.29 is 19.5 Å². The number of carbonyl (C=O) groups is 2. The van der Waals surface area contributed by atoms with E-state index in [1.165, 1.54) is 0 Å². The average molecular weight is 633 g/mol. The van der Waals surface area contributed by atoms with Crippen LogP contribution in [0.15, 0.2) is 24.3 Å². The molecule has 3 aromatic heterocycles. The first-order valence-electron chi connectivity index (χ1n) is 16.4. The summed E-state index contributed by atoms with van der Waals surface area (Å²) in [6.45, 7) is 8.44. The Balaban J connectivity index is 1.16. The second kappa shape index (κ2) is 14.5. The normalized spacial score (nSPS) is 16.1. The van der Waals surface area contributed by atoms with Gasteiger partial charge in [0.05, 0.1) is 30.8 Å². The molecule has 0 saturated carbocycles. The smallest absolute Gasteiger partial charge is 0.243 e. The number of aryl methyl sites for hydroxylation is 2. The minimum absolute atomic E-state index is 0.187. The van der Waals surface area contributed by atoms with Gasteiger partial charge in [-0.05, 0) is 25.0 Å². The highest BCUT2D eigenvalue weighted by Gasteiger charge is 2.26. The van der Waals surface area contributed by atoms with Gasteiger partial charge in [0.25, 0.3) is 0 Å². The van der Waals surface area contributed by atoms with Gasteiger partial charge in [-0.1, -0.05) is 31.9 Å². The molecule has 0 radical (unpaired) electrons. The lowest BCUT2D eigenvalue weighted by Gasteiger charge is -2.34. The molecule has 14 heteroatoms. The zero-order valence-corrected chi connectivity index (χ0v) is 26.8. The van der Waals surface area contributed by atoms with E-state index in [4.69, 9.17) is 29.9 Å². The predicted octanol–water partition coefficient (Wildman–Crippen LogP) is 2.59. The van der Waals surface area contributed by atoms with Crippen LogP contribution in [-0.4, -0.2) is 108 Å². The van der Waals surface area contributed by atoms with Gasteiger partial charge in [0, 0.05) is 65.6 Å². The van der Waals surface area contributed by atoms with Crippen LogP contribution in [0.2, 0.25) is 0 Å². The van der Waals surface area contributed by atoms with Crippen LogP contribution < -0.4 is 10.4 Å². The fourth-order valence-electron chi connectivity index (χ4n) is 6.34. The summed E-state index contributed by atoms with van der Waals surface area (Å²) in [5, 5.41) is 8.58. The second-order valence-electron chi connectivity index (χ2n) is 12.0. The standard InChI is InChI=1S/C32H44N10O4/c1-3-25-33-23-10-8-9-11-24(23)42(25)32-35-30-29(31(36-32)41-18-20-46-21-19-41)34-26(38(30)2)22-39-14-16-40(17-15-39)28(44)13-7-5-4-6-12-27(43)37-45/h8-11,45H,3-7,12-22H2,1-2H3,(H,37,43). The van der Waals surface area contributed by atoms with Crippen LogP contribution in [0, 0.1) is 0 Å². The number of para-hydroxylation sites is 2. The molecule has 4 aromatic rings. The van der Waals surface area contributed by atoms with Crippen molar-refractivity contribution in [1.29, 1.82) is 0 Å². The number of ether oxygens (including phenoxy) is 1. The molecular weight excluding hydrogens is 588 g/mol. The Labute approximate surface area is 268 Å². The van der Waals surface area contributed by atoms with E-state index >= 15 is 0 Å². The number of hydrogen-bond acceptors (Lipinski definition) is 10. The zero-order valence-electron chi connectivity index (χ0n) is 26.8. The van der Waals surface area contributed by atoms with Crippen molar-refractivity contribution in [2.75, 3.05) is 57.4 Å². The number of morpholine rings is 1. The lowest BCUT2D eigenvalue weighted by molar-refractivity contribution is -0.133. The summed E-state index contributed by atoms with van der Waals surface area (Å²) < 4.78 is 9.80. The van der Waals surface area contributed by atoms with Crippen molar-refractivity contribution in [3.8, 4) is 5.95 Å². The first-order chi connectivity index (χ1) is 22.5. The number of anilines is 1. The highest BCUT2D eigenvalue weighted by atomic mass is 16.5. The minimum atomic E-state index is -0.364. The summed E-state index contributed by atoms with van der Waals surface area (Å²) in [7, 11) is 2.02. The molecule has 2 fully saturated rings. The van der Waals surface area contributed by atoms with Gasteiger partial charge >= 0.3 is 0 Å². The molecule has 0 bridgehead atoms. The van der Waals surface area contributed by atoms with E-state index in [1.54, 1.807) is 5.48 Å². The number of nitrogens with one attached hydrogen (secondary N) is 1. The first kappa shape index (κ1) is 31.8. The van der Waals surface area contributed by atoms with Crippen LogP contribution in [0.25, 0.3) is 28.1 Å². The number of carbonyl (C=O) groups excluding carboxylic acids is 2. The number of unbranched alkanes of at least 4 members (excludes halogenated alkanes) is 3. The van der Waals surface area contributed by atoms with E-state index in [1.807, 2.05) is 30.1 Å². The van der Waals surface area contributed by atoms with Crippen LogP contribution in [0.5, 0.6) is 0 Å². The summed E-state index contributed by atoms with van der Waals surface area (Å²) in [6.07, 6.45) is 4.86. The van der Waals surface area contributed by atoms with Gasteiger partial charge in [0.2, 0.25) is 17.8 Å². The van der Waals surface area contributed by atoms with Crippen molar-refractivity contribution in [3.05, 3.63) is 35.9 Å². The number of hydroxylamine groups is 1. The van der Waals surface area contributed by atoms with Crippen molar-refractivity contribution in [2.45, 2.75) is 58.4 Å². The fourth-order valence-corrected chi connectivity index (χ4v) is 6.34. The quantitative estimate of drug-likeness (QED) is 0.136. The van der Waals surface area contributed by atoms with Crippen LogP contribution in [0.4, 0.5) is 5.82 Å².